The molecule has 4 rings (SSSR count). The van der Waals surface area contributed by atoms with Crippen LogP contribution < -0.4 is 5.32 Å². The number of fused-ring (bicyclic) bond motifs is 1. The van der Waals surface area contributed by atoms with Gasteiger partial charge in [0.25, 0.3) is 5.91 Å². The third-order valence-corrected chi connectivity index (χ3v) is 5.38. The fourth-order valence-corrected chi connectivity index (χ4v) is 4.10. The number of ether oxygens (including phenoxy) is 1. The maximum absolute atomic E-state index is 12.8. The van der Waals surface area contributed by atoms with Gasteiger partial charge in [-0.25, -0.2) is 0 Å². The van der Waals surface area contributed by atoms with E-state index in [2.05, 4.69) is 52.5 Å². The summed E-state index contributed by atoms with van der Waals surface area (Å²) in [5.41, 5.74) is 4.78. The first-order chi connectivity index (χ1) is 14.0. The van der Waals surface area contributed by atoms with Crippen molar-refractivity contribution in [2.75, 3.05) is 13.1 Å². The summed E-state index contributed by atoms with van der Waals surface area (Å²) in [6.45, 7) is 9.42. The van der Waals surface area contributed by atoms with Crippen LogP contribution in [0.25, 0.3) is 10.9 Å². The van der Waals surface area contributed by atoms with Gasteiger partial charge < -0.3 is 10.1 Å². The number of hydrogen-bond acceptors (Lipinski definition) is 4. The topological polar surface area (TPSA) is 70.2 Å². The summed E-state index contributed by atoms with van der Waals surface area (Å²) in [7, 11) is 0. The van der Waals surface area contributed by atoms with Gasteiger partial charge in [-0.3, -0.25) is 14.8 Å². The van der Waals surface area contributed by atoms with Crippen LogP contribution >= 0.6 is 0 Å². The summed E-state index contributed by atoms with van der Waals surface area (Å²) in [5, 5.41) is 11.1. The van der Waals surface area contributed by atoms with E-state index in [0.717, 1.165) is 41.7 Å². The van der Waals surface area contributed by atoms with Gasteiger partial charge in [0, 0.05) is 31.6 Å². The minimum Gasteiger partial charge on any atom is -0.373 e. The van der Waals surface area contributed by atoms with Crippen LogP contribution in [0.1, 0.15) is 41.0 Å². The summed E-state index contributed by atoms with van der Waals surface area (Å²) in [6.07, 6.45) is 0.476. The molecule has 6 nitrogen and oxygen atoms in total. The molecule has 6 heteroatoms. The van der Waals surface area contributed by atoms with Crippen molar-refractivity contribution in [3.05, 3.63) is 64.8 Å². The first-order valence-corrected chi connectivity index (χ1v) is 10.2. The van der Waals surface area contributed by atoms with Crippen LogP contribution in [0.2, 0.25) is 0 Å². The first kappa shape index (κ1) is 19.6. The van der Waals surface area contributed by atoms with Crippen molar-refractivity contribution < 1.29 is 9.53 Å². The number of morpholine rings is 1. The number of hydrogen-bond donors (Lipinski definition) is 2. The van der Waals surface area contributed by atoms with Crippen molar-refractivity contribution in [3.8, 4) is 0 Å². The normalized spacial score (nSPS) is 20.1. The molecule has 0 aliphatic carbocycles. The SMILES string of the molecule is Cc1ccc2[nH]nc(C(=O)NCc3ccccc3CN3CC(C)OC(C)C3)c2c1. The summed E-state index contributed by atoms with van der Waals surface area (Å²) in [4.78, 5) is 15.2. The van der Waals surface area contributed by atoms with Crippen LogP contribution in [-0.2, 0) is 17.8 Å². The predicted octanol–water partition coefficient (Wildman–Crippen LogP) is 3.41. The van der Waals surface area contributed by atoms with E-state index in [1.807, 2.05) is 31.2 Å². The van der Waals surface area contributed by atoms with E-state index < -0.39 is 0 Å². The standard InChI is InChI=1S/C23H28N4O2/c1-15-8-9-21-20(10-15)22(26-25-21)23(28)24-11-18-6-4-5-7-19(18)14-27-12-16(2)29-17(3)13-27/h4-10,16-17H,11-14H2,1-3H3,(H,24,28)(H,25,26). The molecule has 2 unspecified atom stereocenters. The number of carbonyl (C=O) groups excluding carboxylic acids is 1. The van der Waals surface area contributed by atoms with Gasteiger partial charge in [-0.2, -0.15) is 5.10 Å². The highest BCUT2D eigenvalue weighted by atomic mass is 16.5. The Bertz CT molecular complexity index is 1000. The van der Waals surface area contributed by atoms with Gasteiger partial charge in [-0.15, -0.1) is 0 Å². The average molecular weight is 393 g/mol. The van der Waals surface area contributed by atoms with Crippen LogP contribution in [0, 0.1) is 6.92 Å². The average Bonchev–Trinajstić information content (AvgIpc) is 3.09. The van der Waals surface area contributed by atoms with Crippen molar-refractivity contribution in [2.45, 2.75) is 46.1 Å². The molecule has 0 saturated carbocycles. The lowest BCUT2D eigenvalue weighted by Gasteiger charge is -2.35. The van der Waals surface area contributed by atoms with Crippen LogP contribution in [0.3, 0.4) is 0 Å². The number of aromatic amines is 1. The van der Waals surface area contributed by atoms with Crippen LogP contribution in [-0.4, -0.2) is 46.3 Å². The molecule has 152 valence electrons. The highest BCUT2D eigenvalue weighted by Gasteiger charge is 2.23. The molecule has 0 radical (unpaired) electrons. The molecule has 0 spiro atoms. The molecule has 1 aliphatic heterocycles. The van der Waals surface area contributed by atoms with Crippen molar-refractivity contribution >= 4 is 16.8 Å². The van der Waals surface area contributed by atoms with Crippen molar-refractivity contribution in [2.24, 2.45) is 0 Å². The Morgan fingerprint density at radius 3 is 2.66 bits per heavy atom. The zero-order chi connectivity index (χ0) is 20.4. The molecule has 2 heterocycles. The Balaban J connectivity index is 1.46. The lowest BCUT2D eigenvalue weighted by molar-refractivity contribution is -0.0705. The monoisotopic (exact) mass is 392 g/mol. The van der Waals surface area contributed by atoms with Crippen LogP contribution in [0.5, 0.6) is 0 Å². The molecule has 3 aromatic rings. The Kier molecular flexibility index (Phi) is 5.65. The number of aryl methyl sites for hydroxylation is 1. The molecule has 2 N–H and O–H groups in total. The zero-order valence-corrected chi connectivity index (χ0v) is 17.2. The van der Waals surface area contributed by atoms with E-state index >= 15 is 0 Å². The van der Waals surface area contributed by atoms with E-state index in [0.29, 0.717) is 12.2 Å². The van der Waals surface area contributed by atoms with E-state index in [4.69, 9.17) is 4.74 Å². The van der Waals surface area contributed by atoms with Gasteiger partial charge in [-0.05, 0) is 44.0 Å². The number of rotatable bonds is 5. The minimum atomic E-state index is -0.162. The number of carbonyl (C=O) groups is 1. The number of nitrogens with zero attached hydrogens (tertiary/aromatic N) is 2. The van der Waals surface area contributed by atoms with Gasteiger partial charge in [0.05, 0.1) is 17.7 Å². The fourth-order valence-electron chi connectivity index (χ4n) is 4.10. The number of benzene rings is 2. The first-order valence-electron chi connectivity index (χ1n) is 10.2. The quantitative estimate of drug-likeness (QED) is 0.698. The summed E-state index contributed by atoms with van der Waals surface area (Å²) < 4.78 is 5.84. The van der Waals surface area contributed by atoms with Crippen LogP contribution in [0.15, 0.2) is 42.5 Å². The second-order valence-electron chi connectivity index (χ2n) is 8.02. The molecule has 1 aliphatic rings. The van der Waals surface area contributed by atoms with Gasteiger partial charge >= 0.3 is 0 Å². The molecule has 2 atom stereocenters. The number of aromatic nitrogens is 2. The third-order valence-electron chi connectivity index (χ3n) is 5.38. The molecule has 1 fully saturated rings. The summed E-state index contributed by atoms with van der Waals surface area (Å²) in [6, 6.07) is 14.2. The number of amides is 1. The molecule has 0 bridgehead atoms. The number of nitrogens with one attached hydrogen (secondary N) is 2. The maximum Gasteiger partial charge on any atom is 0.272 e. The Morgan fingerprint density at radius 1 is 1.17 bits per heavy atom. The van der Waals surface area contributed by atoms with Gasteiger partial charge in [0.15, 0.2) is 5.69 Å². The highest BCUT2D eigenvalue weighted by Crippen LogP contribution is 2.19. The van der Waals surface area contributed by atoms with E-state index in [1.54, 1.807) is 0 Å². The predicted molar refractivity (Wildman–Crippen MR) is 114 cm³/mol. The highest BCUT2D eigenvalue weighted by molar-refractivity contribution is 6.04. The smallest absolute Gasteiger partial charge is 0.272 e. The van der Waals surface area contributed by atoms with E-state index in [1.165, 1.54) is 5.56 Å². The lowest BCUT2D eigenvalue weighted by atomic mass is 10.1. The Labute approximate surface area is 171 Å². The minimum absolute atomic E-state index is 0.162. The van der Waals surface area contributed by atoms with E-state index in [9.17, 15) is 4.79 Å². The van der Waals surface area contributed by atoms with Crippen molar-refractivity contribution in [3.63, 3.8) is 0 Å². The molecular weight excluding hydrogens is 364 g/mol. The largest absolute Gasteiger partial charge is 0.373 e. The van der Waals surface area contributed by atoms with E-state index in [-0.39, 0.29) is 18.1 Å². The van der Waals surface area contributed by atoms with Gasteiger partial charge in [0.1, 0.15) is 0 Å². The fraction of sp³-hybridized carbons (Fsp3) is 0.391. The summed E-state index contributed by atoms with van der Waals surface area (Å²) >= 11 is 0. The molecule has 1 amide bonds. The third kappa shape index (κ3) is 4.49. The van der Waals surface area contributed by atoms with Crippen LogP contribution in [0.4, 0.5) is 0 Å². The second-order valence-corrected chi connectivity index (χ2v) is 8.02. The molecular formula is C23H28N4O2. The maximum atomic E-state index is 12.8. The summed E-state index contributed by atoms with van der Waals surface area (Å²) in [5.74, 6) is -0.162. The molecule has 1 aromatic heterocycles. The van der Waals surface area contributed by atoms with Crippen molar-refractivity contribution in [1.29, 1.82) is 0 Å². The molecule has 29 heavy (non-hydrogen) atoms. The molecule has 1 saturated heterocycles. The zero-order valence-electron chi connectivity index (χ0n) is 17.2. The second kappa shape index (κ2) is 8.35. The lowest BCUT2D eigenvalue weighted by Crippen LogP contribution is -2.45. The Hall–Kier alpha value is -2.70. The van der Waals surface area contributed by atoms with Crippen molar-refractivity contribution in [1.82, 2.24) is 20.4 Å². The number of H-pyrrole nitrogens is 1. The molecule has 2 aromatic carbocycles. The van der Waals surface area contributed by atoms with Gasteiger partial charge in [0.2, 0.25) is 0 Å². The Morgan fingerprint density at radius 2 is 1.90 bits per heavy atom. The van der Waals surface area contributed by atoms with Gasteiger partial charge in [-0.1, -0.05) is 35.9 Å².